The van der Waals surface area contributed by atoms with Crippen LogP contribution in [0.1, 0.15) is 22.8 Å². The molecule has 0 saturated heterocycles. The number of hydrogen-bond donors (Lipinski definition) is 1. The molecular formula is C13H18N2O2. The van der Waals surface area contributed by atoms with E-state index in [1.54, 1.807) is 18.5 Å². The zero-order valence-electron chi connectivity index (χ0n) is 10.3. The topological polar surface area (TPSA) is 51.2 Å². The van der Waals surface area contributed by atoms with E-state index >= 15 is 0 Å². The van der Waals surface area contributed by atoms with Gasteiger partial charge in [-0.1, -0.05) is 12.2 Å². The van der Waals surface area contributed by atoms with Gasteiger partial charge in [-0.3, -0.25) is 9.78 Å². The van der Waals surface area contributed by atoms with E-state index in [-0.39, 0.29) is 5.91 Å². The van der Waals surface area contributed by atoms with Crippen LogP contribution in [0, 0.1) is 6.92 Å². The molecule has 0 aliphatic carbocycles. The van der Waals surface area contributed by atoms with Gasteiger partial charge in [-0.15, -0.1) is 0 Å². The van der Waals surface area contributed by atoms with Crippen molar-refractivity contribution in [3.8, 4) is 0 Å². The Hall–Kier alpha value is -1.68. The number of nitrogens with zero attached hydrogens (tertiary/aromatic N) is 1. The fourth-order valence-corrected chi connectivity index (χ4v) is 1.26. The Morgan fingerprint density at radius 1 is 1.53 bits per heavy atom. The lowest BCUT2D eigenvalue weighted by molar-refractivity contribution is 0.0926. The summed E-state index contributed by atoms with van der Waals surface area (Å²) in [5.41, 5.74) is 2.51. The van der Waals surface area contributed by atoms with E-state index in [4.69, 9.17) is 4.74 Å². The van der Waals surface area contributed by atoms with Crippen molar-refractivity contribution in [3.05, 3.63) is 41.7 Å². The zero-order chi connectivity index (χ0) is 12.7. The monoisotopic (exact) mass is 234 g/mol. The van der Waals surface area contributed by atoms with Crippen molar-refractivity contribution in [1.29, 1.82) is 0 Å². The van der Waals surface area contributed by atoms with E-state index in [1.165, 1.54) is 0 Å². The average molecular weight is 234 g/mol. The summed E-state index contributed by atoms with van der Waals surface area (Å²) in [4.78, 5) is 15.6. The Morgan fingerprint density at radius 2 is 2.29 bits per heavy atom. The summed E-state index contributed by atoms with van der Waals surface area (Å²) < 4.78 is 5.28. The number of hydrogen-bond acceptors (Lipinski definition) is 3. The van der Waals surface area contributed by atoms with Crippen LogP contribution in [0.25, 0.3) is 0 Å². The third kappa shape index (κ3) is 5.26. The van der Waals surface area contributed by atoms with Gasteiger partial charge < -0.3 is 10.1 Å². The minimum atomic E-state index is -0.125. The van der Waals surface area contributed by atoms with Gasteiger partial charge >= 0.3 is 0 Å². The first kappa shape index (κ1) is 13.4. The average Bonchev–Trinajstić information content (AvgIpc) is 2.28. The first-order valence-electron chi connectivity index (χ1n) is 5.51. The van der Waals surface area contributed by atoms with Gasteiger partial charge in [-0.2, -0.15) is 0 Å². The Bertz CT molecular complexity index is 402. The van der Waals surface area contributed by atoms with Crippen LogP contribution >= 0.6 is 0 Å². The smallest absolute Gasteiger partial charge is 0.252 e. The maximum absolute atomic E-state index is 11.7. The zero-order valence-corrected chi connectivity index (χ0v) is 10.3. The summed E-state index contributed by atoms with van der Waals surface area (Å²) in [5.74, 6) is -0.125. The number of aromatic nitrogens is 1. The molecule has 0 fully saturated rings. The Morgan fingerprint density at radius 3 is 2.94 bits per heavy atom. The van der Waals surface area contributed by atoms with Crippen LogP contribution in [0.4, 0.5) is 0 Å². The molecule has 17 heavy (non-hydrogen) atoms. The minimum Gasteiger partial charge on any atom is -0.375 e. The molecule has 1 aromatic rings. The normalized spacial score (nSPS) is 10.0. The molecule has 92 valence electrons. The second-order valence-corrected chi connectivity index (χ2v) is 4.02. The van der Waals surface area contributed by atoms with E-state index in [9.17, 15) is 4.79 Å². The van der Waals surface area contributed by atoms with Gasteiger partial charge in [0, 0.05) is 18.9 Å². The fraction of sp³-hybridized carbons (Fsp3) is 0.385. The Kier molecular flexibility index (Phi) is 5.36. The number of nitrogens with one attached hydrogen (secondary N) is 1. The fourth-order valence-electron chi connectivity index (χ4n) is 1.26. The van der Waals surface area contributed by atoms with Gasteiger partial charge in [0.2, 0.25) is 0 Å². The number of pyridine rings is 1. The van der Waals surface area contributed by atoms with Crippen LogP contribution in [-0.2, 0) is 4.74 Å². The lowest BCUT2D eigenvalue weighted by atomic mass is 10.2. The van der Waals surface area contributed by atoms with Gasteiger partial charge in [0.1, 0.15) is 0 Å². The number of amides is 1. The molecule has 0 saturated carbocycles. The van der Waals surface area contributed by atoms with Crippen LogP contribution in [0.2, 0.25) is 0 Å². The summed E-state index contributed by atoms with van der Waals surface area (Å²) >= 11 is 0. The highest BCUT2D eigenvalue weighted by Gasteiger charge is 2.04. The molecule has 1 heterocycles. The molecule has 0 aliphatic heterocycles. The van der Waals surface area contributed by atoms with Crippen molar-refractivity contribution in [1.82, 2.24) is 10.3 Å². The summed E-state index contributed by atoms with van der Waals surface area (Å²) in [5, 5.41) is 2.77. The molecule has 1 N–H and O–H groups in total. The van der Waals surface area contributed by atoms with E-state index < -0.39 is 0 Å². The summed E-state index contributed by atoms with van der Waals surface area (Å²) in [6.45, 7) is 9.03. The summed E-state index contributed by atoms with van der Waals surface area (Å²) in [6.07, 6.45) is 3.27. The maximum Gasteiger partial charge on any atom is 0.252 e. The molecule has 0 unspecified atom stereocenters. The van der Waals surface area contributed by atoms with Crippen LogP contribution in [0.15, 0.2) is 30.6 Å². The lowest BCUT2D eigenvalue weighted by Gasteiger charge is -2.06. The number of carbonyl (C=O) groups is 1. The highest BCUT2D eigenvalue weighted by Crippen LogP contribution is 2.00. The van der Waals surface area contributed by atoms with Gasteiger partial charge in [0.05, 0.1) is 18.8 Å². The molecule has 4 heteroatoms. The van der Waals surface area contributed by atoms with E-state index in [0.717, 1.165) is 11.1 Å². The van der Waals surface area contributed by atoms with Crippen LogP contribution < -0.4 is 5.32 Å². The first-order valence-corrected chi connectivity index (χ1v) is 5.51. The van der Waals surface area contributed by atoms with Crippen molar-refractivity contribution in [3.63, 3.8) is 0 Å². The number of rotatable bonds is 6. The van der Waals surface area contributed by atoms with Crippen molar-refractivity contribution in [2.75, 3.05) is 19.8 Å². The van der Waals surface area contributed by atoms with Crippen molar-refractivity contribution in [2.24, 2.45) is 0 Å². The number of carbonyl (C=O) groups excluding carboxylic acids is 1. The molecule has 0 spiro atoms. The molecule has 1 aromatic heterocycles. The molecule has 1 amide bonds. The predicted molar refractivity (Wildman–Crippen MR) is 66.9 cm³/mol. The molecule has 1 rings (SSSR count). The van der Waals surface area contributed by atoms with Crippen molar-refractivity contribution in [2.45, 2.75) is 13.8 Å². The van der Waals surface area contributed by atoms with E-state index in [2.05, 4.69) is 16.9 Å². The highest BCUT2D eigenvalue weighted by molar-refractivity contribution is 5.93. The van der Waals surface area contributed by atoms with Gasteiger partial charge in [-0.05, 0) is 25.5 Å². The minimum absolute atomic E-state index is 0.125. The molecule has 4 nitrogen and oxygen atoms in total. The maximum atomic E-state index is 11.7. The molecule has 0 radical (unpaired) electrons. The molecule has 0 aliphatic rings. The van der Waals surface area contributed by atoms with Crippen molar-refractivity contribution < 1.29 is 9.53 Å². The standard InChI is InChI=1S/C13H18N2O2/c1-10(2)9-17-5-4-15-13(16)12-6-11(3)7-14-8-12/h6-8H,1,4-5,9H2,2-3H3,(H,15,16). The van der Waals surface area contributed by atoms with Gasteiger partial charge in [0.25, 0.3) is 5.91 Å². The van der Waals surface area contributed by atoms with E-state index in [0.29, 0.717) is 25.3 Å². The first-order chi connectivity index (χ1) is 8.09. The third-order valence-electron chi connectivity index (χ3n) is 2.02. The molecule has 0 bridgehead atoms. The largest absolute Gasteiger partial charge is 0.375 e. The summed E-state index contributed by atoms with van der Waals surface area (Å²) in [6, 6.07) is 1.80. The molecular weight excluding hydrogens is 216 g/mol. The van der Waals surface area contributed by atoms with Crippen LogP contribution in [0.5, 0.6) is 0 Å². The highest BCUT2D eigenvalue weighted by atomic mass is 16.5. The van der Waals surface area contributed by atoms with Gasteiger partial charge in [-0.25, -0.2) is 0 Å². The SMILES string of the molecule is C=C(C)COCCNC(=O)c1cncc(C)c1. The number of aryl methyl sites for hydroxylation is 1. The van der Waals surface area contributed by atoms with Crippen molar-refractivity contribution >= 4 is 5.91 Å². The lowest BCUT2D eigenvalue weighted by Crippen LogP contribution is -2.27. The van der Waals surface area contributed by atoms with Crippen LogP contribution in [-0.4, -0.2) is 30.6 Å². The van der Waals surface area contributed by atoms with Gasteiger partial charge in [0.15, 0.2) is 0 Å². The summed E-state index contributed by atoms with van der Waals surface area (Å²) in [7, 11) is 0. The Balaban J connectivity index is 2.28. The number of ether oxygens (including phenoxy) is 1. The second-order valence-electron chi connectivity index (χ2n) is 4.02. The van der Waals surface area contributed by atoms with E-state index in [1.807, 2.05) is 13.8 Å². The predicted octanol–water partition coefficient (Wildman–Crippen LogP) is 1.71. The second kappa shape index (κ2) is 6.81. The molecule has 0 aromatic carbocycles. The van der Waals surface area contributed by atoms with Crippen LogP contribution in [0.3, 0.4) is 0 Å². The molecule has 0 atom stereocenters. The Labute approximate surface area is 102 Å². The quantitative estimate of drug-likeness (QED) is 0.602. The third-order valence-corrected chi connectivity index (χ3v) is 2.02.